The van der Waals surface area contributed by atoms with Crippen LogP contribution in [0.4, 0.5) is 0 Å². The van der Waals surface area contributed by atoms with Gasteiger partial charge in [-0.05, 0) is 42.8 Å². The number of aromatic nitrogens is 3. The lowest BCUT2D eigenvalue weighted by Gasteiger charge is -2.28. The first-order valence-corrected chi connectivity index (χ1v) is 10.1. The maximum absolute atomic E-state index is 5.07. The standard InChI is InChI=1S/C21H21N5S/c1-14-8-9-18(23-12-14)25-11-5-7-17(25)20-19(16-6-3-4-10-22-16)24-21-26(20)13-15(2)27-21/h3-12,15,19-20H,13H2,1-2H3. The Morgan fingerprint density at radius 2 is 2.00 bits per heavy atom. The van der Waals surface area contributed by atoms with Crippen molar-refractivity contribution in [1.82, 2.24) is 19.4 Å². The number of thioether (sulfide) groups is 1. The van der Waals surface area contributed by atoms with Crippen LogP contribution in [-0.2, 0) is 0 Å². The summed E-state index contributed by atoms with van der Waals surface area (Å²) in [6.45, 7) is 5.33. The van der Waals surface area contributed by atoms with E-state index in [1.807, 2.05) is 36.3 Å². The number of amidine groups is 1. The molecule has 5 heterocycles. The Morgan fingerprint density at radius 1 is 1.07 bits per heavy atom. The molecule has 2 aliphatic rings. The minimum Gasteiger partial charge on any atom is -0.339 e. The largest absolute Gasteiger partial charge is 0.339 e. The van der Waals surface area contributed by atoms with Gasteiger partial charge >= 0.3 is 0 Å². The van der Waals surface area contributed by atoms with Crippen molar-refractivity contribution in [2.24, 2.45) is 4.99 Å². The molecule has 5 rings (SSSR count). The van der Waals surface area contributed by atoms with Crippen molar-refractivity contribution >= 4 is 16.9 Å². The van der Waals surface area contributed by atoms with Gasteiger partial charge in [0.2, 0.25) is 0 Å². The highest BCUT2D eigenvalue weighted by molar-refractivity contribution is 8.14. The molecule has 3 unspecified atom stereocenters. The molecule has 1 saturated heterocycles. The van der Waals surface area contributed by atoms with Crippen LogP contribution in [0.3, 0.4) is 0 Å². The van der Waals surface area contributed by atoms with Gasteiger partial charge in [-0.2, -0.15) is 0 Å². The lowest BCUT2D eigenvalue weighted by atomic mass is 10.0. The van der Waals surface area contributed by atoms with Gasteiger partial charge in [-0.3, -0.25) is 9.98 Å². The summed E-state index contributed by atoms with van der Waals surface area (Å²) in [5, 5.41) is 1.68. The van der Waals surface area contributed by atoms with Crippen LogP contribution in [0, 0.1) is 6.92 Å². The Hall–Kier alpha value is -2.60. The number of hydrogen-bond donors (Lipinski definition) is 0. The number of hydrogen-bond acceptors (Lipinski definition) is 5. The molecule has 6 heteroatoms. The van der Waals surface area contributed by atoms with Gasteiger partial charge in [-0.1, -0.05) is 30.8 Å². The molecule has 0 aromatic carbocycles. The zero-order valence-corrected chi connectivity index (χ0v) is 16.2. The van der Waals surface area contributed by atoms with E-state index in [2.05, 4.69) is 69.8 Å². The Morgan fingerprint density at radius 3 is 2.78 bits per heavy atom. The highest BCUT2D eigenvalue weighted by Crippen LogP contribution is 2.47. The third-order valence-corrected chi connectivity index (χ3v) is 6.21. The lowest BCUT2D eigenvalue weighted by Crippen LogP contribution is -2.30. The molecule has 0 bridgehead atoms. The molecule has 1 fully saturated rings. The molecule has 2 aliphatic heterocycles. The summed E-state index contributed by atoms with van der Waals surface area (Å²) in [6.07, 6.45) is 5.86. The zero-order chi connectivity index (χ0) is 18.4. The van der Waals surface area contributed by atoms with Gasteiger partial charge in [0.25, 0.3) is 0 Å². The van der Waals surface area contributed by atoms with Crippen molar-refractivity contribution in [2.45, 2.75) is 31.2 Å². The lowest BCUT2D eigenvalue weighted by molar-refractivity contribution is 0.312. The molecule has 3 atom stereocenters. The molecular weight excluding hydrogens is 354 g/mol. The van der Waals surface area contributed by atoms with Crippen LogP contribution in [0.1, 0.15) is 36.0 Å². The minimum atomic E-state index is 0.000276. The Balaban J connectivity index is 1.60. The second-order valence-corrected chi connectivity index (χ2v) is 8.54. The molecule has 0 N–H and O–H groups in total. The molecular formula is C21H21N5S. The summed E-state index contributed by atoms with van der Waals surface area (Å²) < 4.78 is 2.19. The van der Waals surface area contributed by atoms with Gasteiger partial charge in [-0.25, -0.2) is 4.98 Å². The third kappa shape index (κ3) is 2.84. The van der Waals surface area contributed by atoms with Crippen LogP contribution in [-0.4, -0.2) is 36.4 Å². The summed E-state index contributed by atoms with van der Waals surface area (Å²) in [7, 11) is 0. The molecule has 136 valence electrons. The molecule has 27 heavy (non-hydrogen) atoms. The Bertz CT molecular complexity index is 979. The first kappa shape index (κ1) is 16.6. The molecule has 5 nitrogen and oxygen atoms in total. The van der Waals surface area contributed by atoms with Crippen molar-refractivity contribution in [3.8, 4) is 5.82 Å². The van der Waals surface area contributed by atoms with Crippen molar-refractivity contribution in [1.29, 1.82) is 0 Å². The average molecular weight is 376 g/mol. The van der Waals surface area contributed by atoms with Crippen molar-refractivity contribution < 1.29 is 0 Å². The van der Waals surface area contributed by atoms with E-state index < -0.39 is 0 Å². The molecule has 3 aromatic heterocycles. The highest BCUT2D eigenvalue weighted by atomic mass is 32.2. The summed E-state index contributed by atoms with van der Waals surface area (Å²) in [5.41, 5.74) is 3.38. The fourth-order valence-corrected chi connectivity index (χ4v) is 4.98. The molecule has 0 aliphatic carbocycles. The van der Waals surface area contributed by atoms with Crippen molar-refractivity contribution in [3.63, 3.8) is 0 Å². The van der Waals surface area contributed by atoms with E-state index >= 15 is 0 Å². The number of fused-ring (bicyclic) bond motifs is 1. The SMILES string of the molecule is Cc1ccc(-n2cccc2C2C(c3ccccn3)N=C3SC(C)CN32)nc1. The average Bonchev–Trinajstić information content (AvgIpc) is 3.37. The van der Waals surface area contributed by atoms with Crippen LogP contribution >= 0.6 is 11.8 Å². The van der Waals surface area contributed by atoms with E-state index in [1.54, 1.807) is 0 Å². The third-order valence-electron chi connectivity index (χ3n) is 5.11. The first-order chi connectivity index (χ1) is 13.2. The van der Waals surface area contributed by atoms with Gasteiger partial charge < -0.3 is 9.47 Å². The molecule has 0 amide bonds. The van der Waals surface area contributed by atoms with E-state index in [0.29, 0.717) is 5.25 Å². The maximum Gasteiger partial charge on any atom is 0.160 e. The van der Waals surface area contributed by atoms with E-state index in [-0.39, 0.29) is 12.1 Å². The number of rotatable bonds is 3. The number of aliphatic imine (C=N–C) groups is 1. The number of pyridine rings is 2. The maximum atomic E-state index is 5.07. The molecule has 3 aromatic rings. The van der Waals surface area contributed by atoms with Gasteiger partial charge in [0.05, 0.1) is 11.7 Å². The Labute approximate surface area is 163 Å². The van der Waals surface area contributed by atoms with Gasteiger partial charge in [0.15, 0.2) is 5.17 Å². The van der Waals surface area contributed by atoms with E-state index in [9.17, 15) is 0 Å². The van der Waals surface area contributed by atoms with E-state index in [1.165, 1.54) is 5.69 Å². The topological polar surface area (TPSA) is 46.3 Å². The normalized spacial score (nSPS) is 24.1. The second-order valence-electron chi connectivity index (χ2n) is 7.13. The van der Waals surface area contributed by atoms with Gasteiger partial charge in [-0.15, -0.1) is 0 Å². The summed E-state index contributed by atoms with van der Waals surface area (Å²) >= 11 is 1.86. The predicted molar refractivity (Wildman–Crippen MR) is 109 cm³/mol. The van der Waals surface area contributed by atoms with Crippen LogP contribution in [0.5, 0.6) is 0 Å². The van der Waals surface area contributed by atoms with Crippen molar-refractivity contribution in [3.05, 3.63) is 78.0 Å². The number of nitrogens with zero attached hydrogens (tertiary/aromatic N) is 5. The first-order valence-electron chi connectivity index (χ1n) is 9.23. The van der Waals surface area contributed by atoms with Crippen LogP contribution in [0.25, 0.3) is 5.82 Å². The summed E-state index contributed by atoms with van der Waals surface area (Å²) in [5.74, 6) is 0.939. The number of aryl methyl sites for hydroxylation is 1. The fraction of sp³-hybridized carbons (Fsp3) is 0.286. The fourth-order valence-electron chi connectivity index (χ4n) is 3.88. The summed E-state index contributed by atoms with van der Waals surface area (Å²) in [6, 6.07) is 14.7. The zero-order valence-electron chi connectivity index (χ0n) is 15.4. The van der Waals surface area contributed by atoms with Gasteiger partial charge in [0.1, 0.15) is 11.9 Å². The Kier molecular flexibility index (Phi) is 4.01. The molecule has 0 saturated carbocycles. The highest BCUT2D eigenvalue weighted by Gasteiger charge is 2.44. The monoisotopic (exact) mass is 375 g/mol. The molecule has 0 spiro atoms. The predicted octanol–water partition coefficient (Wildman–Crippen LogP) is 4.17. The van der Waals surface area contributed by atoms with Crippen LogP contribution in [0.15, 0.2) is 66.0 Å². The molecule has 0 radical (unpaired) electrons. The second kappa shape index (κ2) is 6.53. The quantitative estimate of drug-likeness (QED) is 0.689. The van der Waals surface area contributed by atoms with E-state index in [0.717, 1.165) is 28.8 Å². The van der Waals surface area contributed by atoms with Crippen molar-refractivity contribution in [2.75, 3.05) is 6.54 Å². The van der Waals surface area contributed by atoms with E-state index in [4.69, 9.17) is 4.99 Å². The smallest absolute Gasteiger partial charge is 0.160 e. The van der Waals surface area contributed by atoms with Gasteiger partial charge in [0, 0.05) is 36.1 Å². The van der Waals surface area contributed by atoms with Crippen LogP contribution in [0.2, 0.25) is 0 Å². The minimum absolute atomic E-state index is 0.000276. The summed E-state index contributed by atoms with van der Waals surface area (Å²) in [4.78, 5) is 16.8. The van der Waals surface area contributed by atoms with Crippen LogP contribution < -0.4 is 0 Å².